The molecule has 0 unspecified atom stereocenters. The van der Waals surface area contributed by atoms with E-state index in [4.69, 9.17) is 0 Å². The van der Waals surface area contributed by atoms with E-state index in [9.17, 15) is 4.79 Å². The molecule has 0 aliphatic rings. The van der Waals surface area contributed by atoms with Crippen LogP contribution in [0.15, 0.2) is 72.2 Å². The van der Waals surface area contributed by atoms with Crippen molar-refractivity contribution in [2.45, 2.75) is 6.54 Å². The van der Waals surface area contributed by atoms with E-state index in [0.29, 0.717) is 12.2 Å². The molecule has 0 radical (unpaired) electrons. The van der Waals surface area contributed by atoms with Gasteiger partial charge in [0.15, 0.2) is 0 Å². The topological polar surface area (TPSA) is 59.8 Å². The van der Waals surface area contributed by atoms with Gasteiger partial charge >= 0.3 is 0 Å². The summed E-state index contributed by atoms with van der Waals surface area (Å²) in [4.78, 5) is 18.1. The highest BCUT2D eigenvalue weighted by atomic mass is 32.1. The summed E-state index contributed by atoms with van der Waals surface area (Å²) in [6.45, 7) is 0.436. The van der Waals surface area contributed by atoms with Crippen LogP contribution in [0.5, 0.6) is 0 Å². The van der Waals surface area contributed by atoms with E-state index in [1.807, 2.05) is 66.0 Å². The monoisotopic (exact) mass is 374 g/mol. The van der Waals surface area contributed by atoms with Crippen molar-refractivity contribution >= 4 is 17.2 Å². The van der Waals surface area contributed by atoms with Crippen molar-refractivity contribution in [3.8, 4) is 21.8 Å². The van der Waals surface area contributed by atoms with Crippen LogP contribution in [-0.2, 0) is 13.6 Å². The number of aryl methyl sites for hydroxylation is 1. The highest BCUT2D eigenvalue weighted by molar-refractivity contribution is 7.13. The number of nitrogens with zero attached hydrogens (tertiary/aromatic N) is 3. The second-order valence-corrected chi connectivity index (χ2v) is 7.06. The van der Waals surface area contributed by atoms with Crippen LogP contribution in [-0.4, -0.2) is 20.7 Å². The van der Waals surface area contributed by atoms with Gasteiger partial charge in [0.1, 0.15) is 5.69 Å². The predicted octanol–water partition coefficient (Wildman–Crippen LogP) is 4.14. The van der Waals surface area contributed by atoms with Crippen LogP contribution in [0.1, 0.15) is 16.1 Å². The number of carbonyl (C=O) groups is 1. The van der Waals surface area contributed by atoms with Gasteiger partial charge in [0.25, 0.3) is 5.91 Å². The molecule has 3 heterocycles. The lowest BCUT2D eigenvalue weighted by Gasteiger charge is -2.06. The number of thiophene rings is 1. The van der Waals surface area contributed by atoms with E-state index >= 15 is 0 Å². The summed E-state index contributed by atoms with van der Waals surface area (Å²) >= 11 is 1.65. The first-order chi connectivity index (χ1) is 13.2. The summed E-state index contributed by atoms with van der Waals surface area (Å²) in [5.41, 5.74) is 4.23. The Bertz CT molecular complexity index is 1060. The highest BCUT2D eigenvalue weighted by Gasteiger charge is 2.14. The minimum Gasteiger partial charge on any atom is -0.347 e. The molecule has 1 aromatic carbocycles. The number of pyridine rings is 1. The largest absolute Gasteiger partial charge is 0.347 e. The molecular weight excluding hydrogens is 356 g/mol. The third-order valence-electron chi connectivity index (χ3n) is 4.23. The molecule has 0 saturated carbocycles. The molecule has 0 aliphatic heterocycles. The summed E-state index contributed by atoms with van der Waals surface area (Å²) in [5.74, 6) is -0.151. The van der Waals surface area contributed by atoms with Gasteiger partial charge in [0.2, 0.25) is 0 Å². The minimum atomic E-state index is -0.151. The second-order valence-electron chi connectivity index (χ2n) is 6.11. The average molecular weight is 374 g/mol. The third kappa shape index (κ3) is 3.80. The highest BCUT2D eigenvalue weighted by Crippen LogP contribution is 2.23. The van der Waals surface area contributed by atoms with Gasteiger partial charge < -0.3 is 5.32 Å². The van der Waals surface area contributed by atoms with E-state index in [2.05, 4.69) is 15.4 Å². The molecule has 0 spiro atoms. The van der Waals surface area contributed by atoms with Gasteiger partial charge in [-0.3, -0.25) is 14.5 Å². The first kappa shape index (κ1) is 17.2. The quantitative estimate of drug-likeness (QED) is 0.571. The fourth-order valence-electron chi connectivity index (χ4n) is 2.85. The van der Waals surface area contributed by atoms with E-state index in [0.717, 1.165) is 27.4 Å². The Balaban J connectivity index is 1.47. The van der Waals surface area contributed by atoms with Crippen molar-refractivity contribution in [2.24, 2.45) is 7.05 Å². The maximum atomic E-state index is 12.6. The molecule has 6 heteroatoms. The molecule has 0 fully saturated rings. The number of aromatic nitrogens is 3. The van der Waals surface area contributed by atoms with Crippen molar-refractivity contribution in [1.82, 2.24) is 20.1 Å². The summed E-state index contributed by atoms with van der Waals surface area (Å²) in [6.07, 6.45) is 1.77. The Labute approximate surface area is 161 Å². The zero-order valence-corrected chi connectivity index (χ0v) is 15.6. The van der Waals surface area contributed by atoms with Crippen LogP contribution in [0.2, 0.25) is 0 Å². The van der Waals surface area contributed by atoms with Crippen molar-refractivity contribution in [1.29, 1.82) is 0 Å². The van der Waals surface area contributed by atoms with E-state index < -0.39 is 0 Å². The Kier molecular flexibility index (Phi) is 4.80. The molecule has 0 atom stereocenters. The van der Waals surface area contributed by atoms with Crippen LogP contribution in [0.3, 0.4) is 0 Å². The van der Waals surface area contributed by atoms with Gasteiger partial charge in [-0.15, -0.1) is 11.3 Å². The molecular formula is C21H18N4OS. The number of amides is 1. The summed E-state index contributed by atoms with van der Waals surface area (Å²) in [5, 5.41) is 9.45. The van der Waals surface area contributed by atoms with E-state index in [-0.39, 0.29) is 5.91 Å². The maximum Gasteiger partial charge on any atom is 0.269 e. The summed E-state index contributed by atoms with van der Waals surface area (Å²) in [6, 6.07) is 19.6. The van der Waals surface area contributed by atoms with Gasteiger partial charge in [-0.25, -0.2) is 0 Å². The van der Waals surface area contributed by atoms with Crippen molar-refractivity contribution in [2.75, 3.05) is 0 Å². The Morgan fingerprint density at radius 3 is 2.70 bits per heavy atom. The number of nitrogens with one attached hydrogen (secondary N) is 1. The lowest BCUT2D eigenvalue weighted by Crippen LogP contribution is -2.25. The van der Waals surface area contributed by atoms with Gasteiger partial charge in [0.05, 0.1) is 16.3 Å². The lowest BCUT2D eigenvalue weighted by molar-refractivity contribution is 0.0941. The summed E-state index contributed by atoms with van der Waals surface area (Å²) < 4.78 is 1.61. The molecule has 4 rings (SSSR count). The maximum absolute atomic E-state index is 12.6. The molecule has 27 heavy (non-hydrogen) atoms. The van der Waals surface area contributed by atoms with Crippen molar-refractivity contribution in [3.63, 3.8) is 0 Å². The van der Waals surface area contributed by atoms with E-state index in [1.165, 1.54) is 0 Å². The number of hydrogen-bond acceptors (Lipinski definition) is 4. The van der Waals surface area contributed by atoms with Gasteiger partial charge in [-0.2, -0.15) is 5.10 Å². The average Bonchev–Trinajstić information content (AvgIpc) is 3.37. The molecule has 1 amide bonds. The predicted molar refractivity (Wildman–Crippen MR) is 107 cm³/mol. The van der Waals surface area contributed by atoms with Crippen LogP contribution in [0.4, 0.5) is 0 Å². The number of benzene rings is 1. The molecule has 5 nitrogen and oxygen atoms in total. The zero-order valence-electron chi connectivity index (χ0n) is 14.8. The molecule has 1 N–H and O–H groups in total. The normalized spacial score (nSPS) is 10.7. The molecule has 4 aromatic rings. The molecule has 134 valence electrons. The number of hydrogen-bond donors (Lipinski definition) is 1. The number of carbonyl (C=O) groups excluding carboxylic acids is 1. The summed E-state index contributed by atoms with van der Waals surface area (Å²) in [7, 11) is 1.78. The lowest BCUT2D eigenvalue weighted by atomic mass is 10.1. The van der Waals surface area contributed by atoms with Crippen LogP contribution >= 0.6 is 11.3 Å². The fourth-order valence-corrected chi connectivity index (χ4v) is 3.54. The fraction of sp³-hybridized carbons (Fsp3) is 0.0952. The standard InChI is InChI=1S/C21H18N4OS/c1-25-19(13-17(24-25)16-6-3-2-4-7-16)21(26)23-14-15-9-10-22-18(12-15)20-8-5-11-27-20/h2-13H,14H2,1H3,(H,23,26). The smallest absolute Gasteiger partial charge is 0.269 e. The third-order valence-corrected chi connectivity index (χ3v) is 5.13. The molecule has 0 aliphatic carbocycles. The van der Waals surface area contributed by atoms with Crippen molar-refractivity contribution < 1.29 is 4.79 Å². The minimum absolute atomic E-state index is 0.151. The van der Waals surface area contributed by atoms with Gasteiger partial charge in [-0.05, 0) is 35.2 Å². The Hall–Kier alpha value is -3.25. The zero-order chi connectivity index (χ0) is 18.6. The first-order valence-electron chi connectivity index (χ1n) is 8.57. The Morgan fingerprint density at radius 1 is 1.07 bits per heavy atom. The SMILES string of the molecule is Cn1nc(-c2ccccc2)cc1C(=O)NCc1ccnc(-c2cccs2)c1. The molecule has 0 saturated heterocycles. The second kappa shape index (κ2) is 7.55. The number of rotatable bonds is 5. The van der Waals surface area contributed by atoms with Crippen LogP contribution in [0.25, 0.3) is 21.8 Å². The van der Waals surface area contributed by atoms with Gasteiger partial charge in [0, 0.05) is 25.4 Å². The van der Waals surface area contributed by atoms with Crippen molar-refractivity contribution in [3.05, 3.63) is 83.5 Å². The van der Waals surface area contributed by atoms with E-state index in [1.54, 1.807) is 29.3 Å². The van der Waals surface area contributed by atoms with Crippen LogP contribution < -0.4 is 5.32 Å². The molecule has 0 bridgehead atoms. The van der Waals surface area contributed by atoms with Crippen LogP contribution in [0, 0.1) is 0 Å². The Morgan fingerprint density at radius 2 is 1.93 bits per heavy atom. The van der Waals surface area contributed by atoms with Gasteiger partial charge in [-0.1, -0.05) is 36.4 Å². The first-order valence-corrected chi connectivity index (χ1v) is 9.45. The molecule has 3 aromatic heterocycles.